The number of carboxylic acid groups (broad SMARTS) is 1. The van der Waals surface area contributed by atoms with E-state index in [2.05, 4.69) is 5.10 Å². The van der Waals surface area contributed by atoms with Gasteiger partial charge in [0.05, 0.1) is 17.8 Å². The second-order valence-electron chi connectivity index (χ2n) is 2.98. The third-order valence-corrected chi connectivity index (χ3v) is 2.97. The van der Waals surface area contributed by atoms with Crippen molar-refractivity contribution < 1.29 is 9.90 Å². The predicted octanol–water partition coefficient (Wildman–Crippen LogP) is 2.34. The molecule has 0 aliphatic heterocycles. The number of carboxylic acids is 1. The zero-order valence-electron chi connectivity index (χ0n) is 7.55. The summed E-state index contributed by atoms with van der Waals surface area (Å²) in [5.41, 5.74) is 0.914. The van der Waals surface area contributed by atoms with Crippen LogP contribution in [0, 0.1) is 0 Å². The zero-order chi connectivity index (χ0) is 10.8. The molecule has 0 amide bonds. The molecule has 1 N–H and O–H groups in total. The zero-order valence-corrected chi connectivity index (χ0v) is 9.13. The average molecular weight is 243 g/mol. The van der Waals surface area contributed by atoms with Crippen LogP contribution in [0.4, 0.5) is 0 Å². The Balaban J connectivity index is 2.14. The molecule has 0 bridgehead atoms. The van der Waals surface area contributed by atoms with Crippen LogP contribution in [0.2, 0.25) is 5.02 Å². The lowest BCUT2D eigenvalue weighted by atomic mass is 10.3. The lowest BCUT2D eigenvalue weighted by Crippen LogP contribution is -1.98. The number of rotatable bonds is 3. The van der Waals surface area contributed by atoms with Gasteiger partial charge in [0, 0.05) is 6.20 Å². The van der Waals surface area contributed by atoms with Crippen molar-refractivity contribution in [1.29, 1.82) is 0 Å². The highest BCUT2D eigenvalue weighted by Gasteiger charge is 2.07. The molecule has 4 nitrogen and oxygen atoms in total. The second-order valence-corrected chi connectivity index (χ2v) is 4.33. The Labute approximate surface area is 94.7 Å². The minimum atomic E-state index is -0.898. The van der Waals surface area contributed by atoms with Gasteiger partial charge in [0.25, 0.3) is 0 Å². The first kappa shape index (κ1) is 10.2. The van der Waals surface area contributed by atoms with Crippen LogP contribution in [-0.2, 0) is 6.54 Å². The van der Waals surface area contributed by atoms with Crippen molar-refractivity contribution in [3.63, 3.8) is 0 Å². The highest BCUT2D eigenvalue weighted by molar-refractivity contribution is 7.12. The lowest BCUT2D eigenvalue weighted by Gasteiger charge is -1.96. The molecule has 2 aromatic rings. The number of halogens is 1. The topological polar surface area (TPSA) is 55.1 Å². The molecule has 0 spiro atoms. The summed E-state index contributed by atoms with van der Waals surface area (Å²) >= 11 is 6.92. The Morgan fingerprint density at radius 3 is 3.00 bits per heavy atom. The van der Waals surface area contributed by atoms with E-state index < -0.39 is 5.97 Å². The fraction of sp³-hybridized carbons (Fsp3) is 0.111. The average Bonchev–Trinajstić information content (AvgIpc) is 2.76. The van der Waals surface area contributed by atoms with Gasteiger partial charge in [-0.05, 0) is 17.0 Å². The summed E-state index contributed by atoms with van der Waals surface area (Å²) in [7, 11) is 0. The van der Waals surface area contributed by atoms with E-state index in [4.69, 9.17) is 16.7 Å². The molecule has 78 valence electrons. The molecule has 2 heterocycles. The van der Waals surface area contributed by atoms with E-state index in [-0.39, 0.29) is 0 Å². The normalized spacial score (nSPS) is 10.5. The van der Waals surface area contributed by atoms with Gasteiger partial charge in [0.15, 0.2) is 0 Å². The highest BCUT2D eigenvalue weighted by Crippen LogP contribution is 2.16. The van der Waals surface area contributed by atoms with Crippen molar-refractivity contribution in [2.75, 3.05) is 0 Å². The number of hydrogen-bond acceptors (Lipinski definition) is 3. The van der Waals surface area contributed by atoms with E-state index in [9.17, 15) is 4.79 Å². The van der Waals surface area contributed by atoms with Crippen molar-refractivity contribution in [2.45, 2.75) is 6.54 Å². The van der Waals surface area contributed by atoms with Crippen molar-refractivity contribution in [3.05, 3.63) is 39.3 Å². The van der Waals surface area contributed by atoms with Crippen molar-refractivity contribution in [2.24, 2.45) is 0 Å². The Kier molecular flexibility index (Phi) is 2.75. The minimum absolute atomic E-state index is 0.336. The maximum absolute atomic E-state index is 10.6. The predicted molar refractivity (Wildman–Crippen MR) is 57.6 cm³/mol. The summed E-state index contributed by atoms with van der Waals surface area (Å²) < 4.78 is 1.66. The standard InChI is InChI=1S/C9H7ClN2O2S/c10-7-2-11-12(4-7)3-6-1-8(9(13)14)15-5-6/h1-2,4-5H,3H2,(H,13,14). The fourth-order valence-corrected chi connectivity index (χ4v) is 2.08. The molecule has 2 aromatic heterocycles. The van der Waals surface area contributed by atoms with E-state index in [1.165, 1.54) is 11.3 Å². The molecule has 0 aromatic carbocycles. The van der Waals surface area contributed by atoms with Crippen molar-refractivity contribution in [3.8, 4) is 0 Å². The Morgan fingerprint density at radius 2 is 2.47 bits per heavy atom. The van der Waals surface area contributed by atoms with Crippen LogP contribution in [0.3, 0.4) is 0 Å². The van der Waals surface area contributed by atoms with Crippen LogP contribution < -0.4 is 0 Å². The van der Waals surface area contributed by atoms with Gasteiger partial charge in [-0.25, -0.2) is 4.79 Å². The second kappa shape index (κ2) is 4.04. The molecule has 0 unspecified atom stereocenters. The summed E-state index contributed by atoms with van der Waals surface area (Å²) in [5.74, 6) is -0.898. The van der Waals surface area contributed by atoms with Gasteiger partial charge < -0.3 is 5.11 Å². The Hall–Kier alpha value is -1.33. The summed E-state index contributed by atoms with van der Waals surface area (Å²) in [6.07, 6.45) is 3.24. The van der Waals surface area contributed by atoms with Crippen LogP contribution in [0.15, 0.2) is 23.8 Å². The monoisotopic (exact) mass is 242 g/mol. The minimum Gasteiger partial charge on any atom is -0.477 e. The SMILES string of the molecule is O=C(O)c1cc(Cn2cc(Cl)cn2)cs1. The number of hydrogen-bond donors (Lipinski definition) is 1. The number of aromatic nitrogens is 2. The summed E-state index contributed by atoms with van der Waals surface area (Å²) in [6.45, 7) is 0.538. The van der Waals surface area contributed by atoms with Crippen LogP contribution in [0.5, 0.6) is 0 Å². The van der Waals surface area contributed by atoms with Gasteiger partial charge in [-0.1, -0.05) is 11.6 Å². The molecule has 0 atom stereocenters. The molecule has 0 aliphatic carbocycles. The van der Waals surface area contributed by atoms with Gasteiger partial charge >= 0.3 is 5.97 Å². The van der Waals surface area contributed by atoms with E-state index in [1.54, 1.807) is 28.5 Å². The number of thiophene rings is 1. The van der Waals surface area contributed by atoms with Gasteiger partial charge in [0.2, 0.25) is 0 Å². The first-order valence-corrected chi connectivity index (χ1v) is 5.39. The number of carbonyl (C=O) groups is 1. The highest BCUT2D eigenvalue weighted by atomic mass is 35.5. The molecule has 2 rings (SSSR count). The first-order chi connectivity index (χ1) is 7.15. The van der Waals surface area contributed by atoms with Gasteiger partial charge in [-0.15, -0.1) is 11.3 Å². The summed E-state index contributed by atoms with van der Waals surface area (Å²) in [5, 5.41) is 15.1. The lowest BCUT2D eigenvalue weighted by molar-refractivity contribution is 0.0702. The van der Waals surface area contributed by atoms with Gasteiger partial charge in [0.1, 0.15) is 4.88 Å². The van der Waals surface area contributed by atoms with E-state index in [0.717, 1.165) is 5.56 Å². The third kappa shape index (κ3) is 2.37. The van der Waals surface area contributed by atoms with Gasteiger partial charge in [-0.2, -0.15) is 5.10 Å². The van der Waals surface area contributed by atoms with Gasteiger partial charge in [-0.3, -0.25) is 4.68 Å². The molecular formula is C9H7ClN2O2S. The molecule has 0 saturated heterocycles. The van der Waals surface area contributed by atoms with E-state index in [1.807, 2.05) is 0 Å². The summed E-state index contributed by atoms with van der Waals surface area (Å²) in [4.78, 5) is 11.0. The number of nitrogens with zero attached hydrogens (tertiary/aromatic N) is 2. The third-order valence-electron chi connectivity index (χ3n) is 1.81. The Bertz CT molecular complexity index is 492. The molecule has 0 aliphatic rings. The fourth-order valence-electron chi connectivity index (χ4n) is 1.18. The van der Waals surface area contributed by atoms with Crippen LogP contribution in [0.1, 0.15) is 15.2 Å². The van der Waals surface area contributed by atoms with E-state index >= 15 is 0 Å². The first-order valence-electron chi connectivity index (χ1n) is 4.14. The maximum atomic E-state index is 10.6. The molecule has 0 radical (unpaired) electrons. The van der Waals surface area contributed by atoms with E-state index in [0.29, 0.717) is 16.4 Å². The van der Waals surface area contributed by atoms with Crippen LogP contribution in [0.25, 0.3) is 0 Å². The molecular weight excluding hydrogens is 236 g/mol. The maximum Gasteiger partial charge on any atom is 0.345 e. The number of aromatic carboxylic acids is 1. The molecule has 0 fully saturated rings. The van der Waals surface area contributed by atoms with Crippen LogP contribution in [-0.4, -0.2) is 20.9 Å². The van der Waals surface area contributed by atoms with Crippen molar-refractivity contribution >= 4 is 28.9 Å². The molecule has 0 saturated carbocycles. The quantitative estimate of drug-likeness (QED) is 0.899. The Morgan fingerprint density at radius 1 is 1.67 bits per heavy atom. The van der Waals surface area contributed by atoms with Crippen molar-refractivity contribution in [1.82, 2.24) is 9.78 Å². The molecule has 15 heavy (non-hydrogen) atoms. The summed E-state index contributed by atoms with van der Waals surface area (Å²) in [6, 6.07) is 1.64. The smallest absolute Gasteiger partial charge is 0.345 e. The van der Waals surface area contributed by atoms with Crippen LogP contribution >= 0.6 is 22.9 Å². The largest absolute Gasteiger partial charge is 0.477 e. The molecule has 6 heteroatoms.